The second kappa shape index (κ2) is 9.44. The molecule has 3 atom stereocenters. The van der Waals surface area contributed by atoms with E-state index in [1.807, 2.05) is 24.3 Å². The summed E-state index contributed by atoms with van der Waals surface area (Å²) in [6, 6.07) is 19.7. The first-order valence-corrected chi connectivity index (χ1v) is 13.8. The molecule has 1 saturated heterocycles. The SMILES string of the molecule is O=C1[C@H]2[C@@H](c3ccc(Cl)cc3)c3sc(=O)n(Cc4ccc(Cl)cc4)c3S[C@H]2C(=O)N1c1ccc(F)cc1. The molecule has 186 valence electrons. The number of carbonyl (C=O) groups is 2. The van der Waals surface area contributed by atoms with Crippen LogP contribution in [0.2, 0.25) is 10.0 Å². The number of hydrogen-bond acceptors (Lipinski definition) is 5. The largest absolute Gasteiger partial charge is 0.308 e. The lowest BCUT2D eigenvalue weighted by Crippen LogP contribution is -2.32. The van der Waals surface area contributed by atoms with E-state index in [-0.39, 0.29) is 16.7 Å². The predicted octanol–water partition coefficient (Wildman–Crippen LogP) is 6.20. The van der Waals surface area contributed by atoms with E-state index in [0.29, 0.717) is 27.3 Å². The van der Waals surface area contributed by atoms with Gasteiger partial charge in [0.15, 0.2) is 0 Å². The number of amides is 2. The lowest BCUT2D eigenvalue weighted by atomic mass is 9.83. The van der Waals surface area contributed by atoms with Crippen molar-refractivity contribution in [2.75, 3.05) is 4.90 Å². The van der Waals surface area contributed by atoms with E-state index >= 15 is 0 Å². The van der Waals surface area contributed by atoms with Crippen LogP contribution in [0.15, 0.2) is 82.6 Å². The van der Waals surface area contributed by atoms with Crippen molar-refractivity contribution < 1.29 is 14.0 Å². The van der Waals surface area contributed by atoms with Crippen LogP contribution in [0, 0.1) is 11.7 Å². The second-order valence-corrected chi connectivity index (χ2v) is 11.8. The number of anilines is 1. The summed E-state index contributed by atoms with van der Waals surface area (Å²) >= 11 is 14.5. The van der Waals surface area contributed by atoms with Gasteiger partial charge in [0.25, 0.3) is 0 Å². The minimum Gasteiger partial charge on any atom is -0.289 e. The third-order valence-electron chi connectivity index (χ3n) is 6.62. The molecule has 2 aliphatic rings. The van der Waals surface area contributed by atoms with Crippen molar-refractivity contribution >= 4 is 63.8 Å². The molecule has 0 N–H and O–H groups in total. The Bertz CT molecular complexity index is 1580. The lowest BCUT2D eigenvalue weighted by molar-refractivity contribution is -0.122. The summed E-state index contributed by atoms with van der Waals surface area (Å²) in [4.78, 5) is 42.4. The molecule has 6 rings (SSSR count). The molecule has 3 heterocycles. The number of carbonyl (C=O) groups excluding carboxylic acids is 2. The molecule has 10 heteroatoms. The molecule has 0 aliphatic carbocycles. The molecule has 5 nitrogen and oxygen atoms in total. The minimum absolute atomic E-state index is 0.165. The smallest absolute Gasteiger partial charge is 0.289 e. The maximum atomic E-state index is 13.8. The van der Waals surface area contributed by atoms with E-state index in [4.69, 9.17) is 23.2 Å². The van der Waals surface area contributed by atoms with Crippen LogP contribution in [0.25, 0.3) is 0 Å². The van der Waals surface area contributed by atoms with Crippen LogP contribution in [0.4, 0.5) is 10.1 Å². The molecule has 3 aromatic carbocycles. The Balaban J connectivity index is 1.48. The Morgan fingerprint density at radius 3 is 2.08 bits per heavy atom. The van der Waals surface area contributed by atoms with Gasteiger partial charge in [-0.05, 0) is 59.7 Å². The predicted molar refractivity (Wildman–Crippen MR) is 144 cm³/mol. The third-order valence-corrected chi connectivity index (χ3v) is 9.72. The number of thiazole rings is 1. The molecule has 2 amide bonds. The van der Waals surface area contributed by atoms with Crippen LogP contribution in [-0.4, -0.2) is 21.6 Å². The highest BCUT2D eigenvalue weighted by Crippen LogP contribution is 2.54. The van der Waals surface area contributed by atoms with Crippen LogP contribution in [0.3, 0.4) is 0 Å². The molecule has 37 heavy (non-hydrogen) atoms. The average molecular weight is 571 g/mol. The monoisotopic (exact) mass is 570 g/mol. The first kappa shape index (κ1) is 24.4. The number of rotatable bonds is 4. The zero-order valence-corrected chi connectivity index (χ0v) is 22.1. The van der Waals surface area contributed by atoms with E-state index in [9.17, 15) is 18.8 Å². The van der Waals surface area contributed by atoms with E-state index in [1.165, 1.54) is 36.0 Å². The number of hydrogen-bond donors (Lipinski definition) is 0. The van der Waals surface area contributed by atoms with Crippen LogP contribution < -0.4 is 9.77 Å². The van der Waals surface area contributed by atoms with Gasteiger partial charge in [0.05, 0.1) is 23.2 Å². The Labute approximate surface area is 229 Å². The van der Waals surface area contributed by atoms with Crippen LogP contribution in [0.1, 0.15) is 21.9 Å². The van der Waals surface area contributed by atoms with Gasteiger partial charge >= 0.3 is 4.87 Å². The zero-order chi connectivity index (χ0) is 25.8. The summed E-state index contributed by atoms with van der Waals surface area (Å²) in [6.07, 6.45) is 0. The quantitative estimate of drug-likeness (QED) is 0.274. The van der Waals surface area contributed by atoms with Gasteiger partial charge in [0.1, 0.15) is 11.1 Å². The van der Waals surface area contributed by atoms with E-state index in [2.05, 4.69) is 0 Å². The number of imide groups is 1. The van der Waals surface area contributed by atoms with Gasteiger partial charge in [-0.1, -0.05) is 70.6 Å². The van der Waals surface area contributed by atoms with E-state index in [0.717, 1.165) is 32.2 Å². The highest BCUT2D eigenvalue weighted by atomic mass is 35.5. The van der Waals surface area contributed by atoms with Gasteiger partial charge in [0.2, 0.25) is 11.8 Å². The summed E-state index contributed by atoms with van der Waals surface area (Å²) in [6.45, 7) is 0.309. The first-order valence-electron chi connectivity index (χ1n) is 11.4. The molecule has 4 aromatic rings. The molecule has 0 spiro atoms. The van der Waals surface area contributed by atoms with Gasteiger partial charge in [-0.2, -0.15) is 0 Å². The van der Waals surface area contributed by atoms with E-state index < -0.39 is 22.9 Å². The number of aromatic nitrogens is 1. The summed E-state index contributed by atoms with van der Waals surface area (Å²) in [7, 11) is 0. The number of nitrogens with zero attached hydrogens (tertiary/aromatic N) is 2. The molecule has 1 fully saturated rings. The summed E-state index contributed by atoms with van der Waals surface area (Å²) in [5.74, 6) is -2.44. The van der Waals surface area contributed by atoms with Crippen molar-refractivity contribution in [1.29, 1.82) is 0 Å². The molecular weight excluding hydrogens is 554 g/mol. The Hall–Kier alpha value is -2.91. The summed E-state index contributed by atoms with van der Waals surface area (Å²) < 4.78 is 15.2. The van der Waals surface area contributed by atoms with Crippen molar-refractivity contribution in [3.8, 4) is 0 Å². The number of halogens is 3. The lowest BCUT2D eigenvalue weighted by Gasteiger charge is -2.30. The van der Waals surface area contributed by atoms with Crippen molar-refractivity contribution in [2.24, 2.45) is 5.92 Å². The fourth-order valence-electron chi connectivity index (χ4n) is 4.90. The highest BCUT2D eigenvalue weighted by molar-refractivity contribution is 8.00. The molecule has 0 saturated carbocycles. The first-order chi connectivity index (χ1) is 17.8. The maximum absolute atomic E-state index is 13.8. The fraction of sp³-hybridized carbons (Fsp3) is 0.148. The molecule has 0 radical (unpaired) electrons. The minimum atomic E-state index is -0.740. The van der Waals surface area contributed by atoms with Gasteiger partial charge in [0, 0.05) is 20.8 Å². The number of fused-ring (bicyclic) bond motifs is 2. The topological polar surface area (TPSA) is 59.4 Å². The summed E-state index contributed by atoms with van der Waals surface area (Å²) in [5, 5.41) is 1.07. The molecule has 0 unspecified atom stereocenters. The zero-order valence-electron chi connectivity index (χ0n) is 18.9. The van der Waals surface area contributed by atoms with Crippen molar-refractivity contribution in [1.82, 2.24) is 4.57 Å². The second-order valence-electron chi connectivity index (χ2n) is 8.83. The van der Waals surface area contributed by atoms with Crippen molar-refractivity contribution in [3.05, 3.63) is 114 Å². The Morgan fingerprint density at radius 2 is 1.43 bits per heavy atom. The number of benzene rings is 3. The fourth-order valence-corrected chi connectivity index (χ4v) is 7.93. The molecule has 2 aliphatic heterocycles. The van der Waals surface area contributed by atoms with Gasteiger partial charge in [-0.25, -0.2) is 9.29 Å². The molecular formula is C27H17Cl2FN2O3S2. The highest BCUT2D eigenvalue weighted by Gasteiger charge is 2.56. The molecule has 0 bridgehead atoms. The standard InChI is InChI=1S/C27H17Cl2FN2O3S2/c28-16-5-1-14(2-6-16)13-31-26-23(37-27(31)35)20(15-3-7-17(29)8-4-15)21-22(36-26)25(34)32(24(21)33)19-11-9-18(30)10-12-19/h1-12,20-22H,13H2/t20-,21+,22-/m1/s1. The maximum Gasteiger partial charge on any atom is 0.308 e. The van der Waals surface area contributed by atoms with Crippen LogP contribution in [-0.2, 0) is 16.1 Å². The Kier molecular flexibility index (Phi) is 6.23. The van der Waals surface area contributed by atoms with Crippen LogP contribution >= 0.6 is 46.3 Å². The normalized spacial score (nSPS) is 20.7. The van der Waals surface area contributed by atoms with Crippen molar-refractivity contribution in [3.63, 3.8) is 0 Å². The average Bonchev–Trinajstić information content (AvgIpc) is 3.33. The molecule has 1 aromatic heterocycles. The van der Waals surface area contributed by atoms with Crippen LogP contribution in [0.5, 0.6) is 0 Å². The Morgan fingerprint density at radius 1 is 0.811 bits per heavy atom. The third kappa shape index (κ3) is 4.22. The van der Waals surface area contributed by atoms with Gasteiger partial charge < -0.3 is 0 Å². The number of thioether (sulfide) groups is 1. The van der Waals surface area contributed by atoms with E-state index in [1.54, 1.807) is 28.8 Å². The summed E-state index contributed by atoms with van der Waals surface area (Å²) in [5.41, 5.74) is 2.01. The van der Waals surface area contributed by atoms with Gasteiger partial charge in [-0.3, -0.25) is 19.0 Å². The van der Waals surface area contributed by atoms with Gasteiger partial charge in [-0.15, -0.1) is 0 Å². The van der Waals surface area contributed by atoms with Crippen molar-refractivity contribution in [2.45, 2.75) is 22.7 Å².